The summed E-state index contributed by atoms with van der Waals surface area (Å²) in [5, 5.41) is 1.11. The van der Waals surface area contributed by atoms with Gasteiger partial charge in [-0.25, -0.2) is 14.4 Å². The van der Waals surface area contributed by atoms with Gasteiger partial charge in [0, 0.05) is 15.4 Å². The Balaban J connectivity index is 2.20. The lowest BCUT2D eigenvalue weighted by molar-refractivity contribution is 0.387. The van der Waals surface area contributed by atoms with Gasteiger partial charge in [0.15, 0.2) is 17.4 Å². The van der Waals surface area contributed by atoms with Crippen LogP contribution in [0.5, 0.6) is 5.75 Å². The first-order valence-electron chi connectivity index (χ1n) is 6.05. The van der Waals surface area contributed by atoms with Crippen molar-refractivity contribution in [2.45, 2.75) is 0 Å². The lowest BCUT2D eigenvalue weighted by Gasteiger charge is -2.07. The summed E-state index contributed by atoms with van der Waals surface area (Å²) in [6, 6.07) is 10.0. The first kappa shape index (κ1) is 14.2. The molecule has 3 aromatic rings. The van der Waals surface area contributed by atoms with E-state index < -0.39 is 5.82 Å². The number of ether oxygens (including phenoxy) is 1. The van der Waals surface area contributed by atoms with E-state index in [1.165, 1.54) is 13.2 Å². The van der Waals surface area contributed by atoms with Crippen LogP contribution < -0.4 is 4.74 Å². The number of aromatic nitrogens is 2. The van der Waals surface area contributed by atoms with Crippen LogP contribution in [0.2, 0.25) is 5.15 Å². The molecule has 0 amide bonds. The van der Waals surface area contributed by atoms with Gasteiger partial charge in [-0.15, -0.1) is 0 Å². The number of rotatable bonds is 2. The lowest BCUT2D eigenvalue weighted by Crippen LogP contribution is -1.94. The van der Waals surface area contributed by atoms with Gasteiger partial charge in [0.1, 0.15) is 5.15 Å². The van der Waals surface area contributed by atoms with Crippen molar-refractivity contribution in [1.82, 2.24) is 9.97 Å². The van der Waals surface area contributed by atoms with Crippen molar-refractivity contribution in [2.24, 2.45) is 0 Å². The average Bonchev–Trinajstić information content (AvgIpc) is 2.47. The molecule has 0 spiro atoms. The number of halogens is 3. The molecule has 3 nitrogen and oxygen atoms in total. The Labute approximate surface area is 133 Å². The van der Waals surface area contributed by atoms with Crippen molar-refractivity contribution < 1.29 is 9.13 Å². The molecule has 0 radical (unpaired) electrons. The predicted molar refractivity (Wildman–Crippen MR) is 84.2 cm³/mol. The first-order chi connectivity index (χ1) is 10.1. The number of nitrogens with zero attached hydrogens (tertiary/aromatic N) is 2. The molecule has 0 aliphatic carbocycles. The second kappa shape index (κ2) is 5.58. The van der Waals surface area contributed by atoms with Crippen LogP contribution in [-0.2, 0) is 0 Å². The topological polar surface area (TPSA) is 35.0 Å². The monoisotopic (exact) mass is 366 g/mol. The molecule has 0 saturated carbocycles. The van der Waals surface area contributed by atoms with Crippen LogP contribution in [0.15, 0.2) is 40.9 Å². The zero-order valence-corrected chi connectivity index (χ0v) is 13.2. The summed E-state index contributed by atoms with van der Waals surface area (Å²) in [5.41, 5.74) is 1.35. The van der Waals surface area contributed by atoms with Crippen LogP contribution in [0.25, 0.3) is 22.3 Å². The SMILES string of the molecule is COc1cc(-c2nc(Cl)c3ccc(Br)cc3n2)ccc1F. The third kappa shape index (κ3) is 2.71. The van der Waals surface area contributed by atoms with E-state index in [2.05, 4.69) is 25.9 Å². The highest BCUT2D eigenvalue weighted by atomic mass is 79.9. The molecule has 1 heterocycles. The van der Waals surface area contributed by atoms with E-state index in [4.69, 9.17) is 16.3 Å². The third-order valence-electron chi connectivity index (χ3n) is 3.02. The van der Waals surface area contributed by atoms with Crippen molar-refractivity contribution in [2.75, 3.05) is 7.11 Å². The molecule has 0 saturated heterocycles. The van der Waals surface area contributed by atoms with Crippen molar-refractivity contribution in [3.8, 4) is 17.1 Å². The van der Waals surface area contributed by atoms with Crippen molar-refractivity contribution in [1.29, 1.82) is 0 Å². The minimum atomic E-state index is -0.434. The number of hydrogen-bond donors (Lipinski definition) is 0. The summed E-state index contributed by atoms with van der Waals surface area (Å²) in [6.07, 6.45) is 0. The molecule has 1 aromatic heterocycles. The molecule has 0 unspecified atom stereocenters. The Morgan fingerprint density at radius 1 is 1.14 bits per heavy atom. The summed E-state index contributed by atoms with van der Waals surface area (Å²) in [4.78, 5) is 8.74. The Morgan fingerprint density at radius 2 is 1.95 bits per heavy atom. The normalized spacial score (nSPS) is 10.9. The van der Waals surface area contributed by atoms with Crippen molar-refractivity contribution >= 4 is 38.4 Å². The largest absolute Gasteiger partial charge is 0.494 e. The highest BCUT2D eigenvalue weighted by molar-refractivity contribution is 9.10. The zero-order valence-electron chi connectivity index (χ0n) is 10.9. The molecule has 3 rings (SSSR count). The predicted octanol–water partition coefficient (Wildman–Crippen LogP) is 4.86. The maximum absolute atomic E-state index is 13.5. The molecule has 2 aromatic carbocycles. The summed E-state index contributed by atoms with van der Waals surface area (Å²) in [6.45, 7) is 0. The molecule has 0 aliphatic heterocycles. The van der Waals surface area contributed by atoms with E-state index in [-0.39, 0.29) is 5.75 Å². The molecule has 21 heavy (non-hydrogen) atoms. The van der Waals surface area contributed by atoms with Gasteiger partial charge in [0.25, 0.3) is 0 Å². The zero-order chi connectivity index (χ0) is 15.0. The van der Waals surface area contributed by atoms with Gasteiger partial charge in [-0.3, -0.25) is 0 Å². The molecule has 0 atom stereocenters. The second-order valence-corrected chi connectivity index (χ2v) is 5.62. The summed E-state index contributed by atoms with van der Waals surface area (Å²) >= 11 is 9.59. The number of benzene rings is 2. The maximum atomic E-state index is 13.5. The minimum absolute atomic E-state index is 0.140. The standard InChI is InChI=1S/C15H9BrClFN2O/c1-21-13-6-8(2-5-11(13)18)15-19-12-7-9(16)3-4-10(12)14(17)20-15/h2-7H,1H3. The van der Waals surface area contributed by atoms with Gasteiger partial charge in [-0.1, -0.05) is 27.5 Å². The van der Waals surface area contributed by atoms with Gasteiger partial charge in [-0.05, 0) is 36.4 Å². The number of hydrogen-bond acceptors (Lipinski definition) is 3. The Bertz CT molecular complexity index is 841. The fraction of sp³-hybridized carbons (Fsp3) is 0.0667. The highest BCUT2D eigenvalue weighted by Gasteiger charge is 2.11. The molecule has 6 heteroatoms. The van der Waals surface area contributed by atoms with E-state index in [1.807, 2.05) is 18.2 Å². The molecular weight excluding hydrogens is 359 g/mol. The third-order valence-corrected chi connectivity index (χ3v) is 3.80. The summed E-state index contributed by atoms with van der Waals surface area (Å²) in [5.74, 6) is 0.126. The minimum Gasteiger partial charge on any atom is -0.494 e. The first-order valence-corrected chi connectivity index (χ1v) is 7.22. The summed E-state index contributed by atoms with van der Waals surface area (Å²) < 4.78 is 19.3. The lowest BCUT2D eigenvalue weighted by atomic mass is 10.2. The van der Waals surface area contributed by atoms with Gasteiger partial charge in [0.05, 0.1) is 12.6 Å². The number of fused-ring (bicyclic) bond motifs is 1. The van der Waals surface area contributed by atoms with Crippen molar-refractivity contribution in [3.63, 3.8) is 0 Å². The number of methoxy groups -OCH3 is 1. The molecular formula is C15H9BrClFN2O. The van der Waals surface area contributed by atoms with E-state index >= 15 is 0 Å². The molecule has 0 N–H and O–H groups in total. The van der Waals surface area contributed by atoms with E-state index in [0.29, 0.717) is 22.1 Å². The maximum Gasteiger partial charge on any atom is 0.165 e. The average molecular weight is 368 g/mol. The van der Waals surface area contributed by atoms with Crippen LogP contribution >= 0.6 is 27.5 Å². The van der Waals surface area contributed by atoms with Crippen molar-refractivity contribution in [3.05, 3.63) is 51.8 Å². The smallest absolute Gasteiger partial charge is 0.165 e. The van der Waals surface area contributed by atoms with Crippen LogP contribution in [0.1, 0.15) is 0 Å². The van der Waals surface area contributed by atoms with Crippen LogP contribution in [0.4, 0.5) is 4.39 Å². The van der Waals surface area contributed by atoms with Crippen LogP contribution in [0.3, 0.4) is 0 Å². The van der Waals surface area contributed by atoms with Crippen LogP contribution in [0, 0.1) is 5.82 Å². The van der Waals surface area contributed by atoms with E-state index in [9.17, 15) is 4.39 Å². The Morgan fingerprint density at radius 3 is 2.71 bits per heavy atom. The summed E-state index contributed by atoms with van der Waals surface area (Å²) in [7, 11) is 1.41. The Kier molecular flexibility index (Phi) is 3.78. The van der Waals surface area contributed by atoms with Crippen LogP contribution in [-0.4, -0.2) is 17.1 Å². The fourth-order valence-corrected chi connectivity index (χ4v) is 2.58. The van der Waals surface area contributed by atoms with E-state index in [1.54, 1.807) is 12.1 Å². The molecule has 0 aliphatic rings. The van der Waals surface area contributed by atoms with Gasteiger partial charge in [0.2, 0.25) is 0 Å². The highest BCUT2D eigenvalue weighted by Crippen LogP contribution is 2.29. The Hall–Kier alpha value is -1.72. The van der Waals surface area contributed by atoms with Gasteiger partial charge in [-0.2, -0.15) is 0 Å². The molecule has 0 bridgehead atoms. The fourth-order valence-electron chi connectivity index (χ4n) is 1.99. The van der Waals surface area contributed by atoms with Gasteiger partial charge >= 0.3 is 0 Å². The second-order valence-electron chi connectivity index (χ2n) is 4.35. The molecule has 0 fully saturated rings. The van der Waals surface area contributed by atoms with E-state index in [0.717, 1.165) is 9.86 Å². The quantitative estimate of drug-likeness (QED) is 0.607. The molecule has 106 valence electrons. The van der Waals surface area contributed by atoms with Gasteiger partial charge < -0.3 is 4.74 Å².